The molecular formula is C19H18N2O3. The first kappa shape index (κ1) is 14.8. The van der Waals surface area contributed by atoms with Gasteiger partial charge >= 0.3 is 5.97 Å². The van der Waals surface area contributed by atoms with Crippen molar-refractivity contribution in [3.63, 3.8) is 0 Å². The zero-order valence-electron chi connectivity index (χ0n) is 13.2. The maximum atomic E-state index is 12.1. The summed E-state index contributed by atoms with van der Waals surface area (Å²) >= 11 is 0. The lowest BCUT2D eigenvalue weighted by Crippen LogP contribution is -2.45. The van der Waals surface area contributed by atoms with Crippen molar-refractivity contribution in [2.45, 2.75) is 18.5 Å². The number of phenols is 1. The fourth-order valence-electron chi connectivity index (χ4n) is 3.51. The van der Waals surface area contributed by atoms with Crippen molar-refractivity contribution in [2.75, 3.05) is 7.11 Å². The van der Waals surface area contributed by atoms with Crippen LogP contribution in [0, 0.1) is 0 Å². The first-order valence-electron chi connectivity index (χ1n) is 7.90. The first-order chi connectivity index (χ1) is 11.7. The number of rotatable bonds is 2. The molecule has 5 heteroatoms. The Kier molecular flexibility index (Phi) is 3.50. The summed E-state index contributed by atoms with van der Waals surface area (Å²) in [5, 5.41) is 14.7. The van der Waals surface area contributed by atoms with Gasteiger partial charge in [0.2, 0.25) is 0 Å². The summed E-state index contributed by atoms with van der Waals surface area (Å²) in [6.07, 6.45) is 0.552. The largest absolute Gasteiger partial charge is 0.508 e. The summed E-state index contributed by atoms with van der Waals surface area (Å²) in [5.41, 5.74) is 3.83. The van der Waals surface area contributed by atoms with Gasteiger partial charge in [0.05, 0.1) is 13.2 Å². The maximum absolute atomic E-state index is 12.1. The zero-order chi connectivity index (χ0) is 16.7. The number of ether oxygens (including phenoxy) is 1. The number of carbonyl (C=O) groups excluding carboxylic acids is 1. The molecule has 3 aromatic rings. The number of methoxy groups -OCH3 is 1. The lowest BCUT2D eigenvalue weighted by atomic mass is 9.90. The van der Waals surface area contributed by atoms with Crippen LogP contribution in [-0.4, -0.2) is 29.2 Å². The number of H-pyrrole nitrogens is 1. The van der Waals surface area contributed by atoms with E-state index in [0.717, 1.165) is 27.7 Å². The highest BCUT2D eigenvalue weighted by Gasteiger charge is 2.35. The van der Waals surface area contributed by atoms with Gasteiger partial charge in [-0.25, -0.2) is 0 Å². The van der Waals surface area contributed by atoms with E-state index in [4.69, 9.17) is 4.74 Å². The molecule has 0 saturated carbocycles. The second-order valence-electron chi connectivity index (χ2n) is 6.00. The number of hydrogen-bond acceptors (Lipinski definition) is 4. The van der Waals surface area contributed by atoms with E-state index in [-0.39, 0.29) is 17.8 Å². The van der Waals surface area contributed by atoms with E-state index >= 15 is 0 Å². The van der Waals surface area contributed by atoms with Crippen molar-refractivity contribution in [1.29, 1.82) is 0 Å². The Morgan fingerprint density at radius 3 is 2.71 bits per heavy atom. The Balaban J connectivity index is 1.90. The quantitative estimate of drug-likeness (QED) is 0.634. The number of nitrogens with one attached hydrogen (secondary N) is 2. The van der Waals surface area contributed by atoms with Gasteiger partial charge in [-0.05, 0) is 17.7 Å². The molecule has 0 amide bonds. The lowest BCUT2D eigenvalue weighted by molar-refractivity contribution is -0.143. The van der Waals surface area contributed by atoms with Crippen LogP contribution in [0.1, 0.15) is 22.9 Å². The molecule has 2 atom stereocenters. The van der Waals surface area contributed by atoms with Crippen LogP contribution in [-0.2, 0) is 16.0 Å². The molecule has 0 saturated heterocycles. The number of aromatic hydroxyl groups is 1. The van der Waals surface area contributed by atoms with Crippen molar-refractivity contribution < 1.29 is 14.6 Å². The van der Waals surface area contributed by atoms with E-state index in [1.807, 2.05) is 36.4 Å². The van der Waals surface area contributed by atoms with E-state index in [1.165, 1.54) is 7.11 Å². The highest BCUT2D eigenvalue weighted by molar-refractivity contribution is 5.87. The third-order valence-electron chi connectivity index (χ3n) is 4.64. The van der Waals surface area contributed by atoms with Crippen molar-refractivity contribution in [1.82, 2.24) is 10.3 Å². The summed E-state index contributed by atoms with van der Waals surface area (Å²) in [6.45, 7) is 0. The van der Waals surface area contributed by atoms with Crippen LogP contribution in [0.15, 0.2) is 48.5 Å². The number of phenolic OH excluding ortho intramolecular Hbond substituents is 1. The molecule has 2 heterocycles. The molecule has 1 aromatic heterocycles. The Hall–Kier alpha value is -2.79. The molecule has 0 aliphatic carbocycles. The summed E-state index contributed by atoms with van der Waals surface area (Å²) in [4.78, 5) is 15.6. The zero-order valence-corrected chi connectivity index (χ0v) is 13.2. The number of carbonyl (C=O) groups is 1. The Labute approximate surface area is 139 Å². The topological polar surface area (TPSA) is 74.4 Å². The number of hydrogen-bond donors (Lipinski definition) is 3. The molecule has 0 radical (unpaired) electrons. The predicted octanol–water partition coefficient (Wildman–Crippen LogP) is 2.65. The fourth-order valence-corrected chi connectivity index (χ4v) is 3.51. The minimum atomic E-state index is -0.452. The molecule has 122 valence electrons. The highest BCUT2D eigenvalue weighted by Crippen LogP contribution is 2.37. The molecule has 0 bridgehead atoms. The van der Waals surface area contributed by atoms with Gasteiger partial charge < -0.3 is 14.8 Å². The molecule has 5 nitrogen and oxygen atoms in total. The molecule has 2 aromatic carbocycles. The van der Waals surface area contributed by atoms with Crippen LogP contribution < -0.4 is 5.32 Å². The number of esters is 1. The average Bonchev–Trinajstić information content (AvgIpc) is 2.99. The van der Waals surface area contributed by atoms with Crippen molar-refractivity contribution in [2.24, 2.45) is 0 Å². The minimum absolute atomic E-state index is 0.199. The van der Waals surface area contributed by atoms with Crippen molar-refractivity contribution >= 4 is 16.9 Å². The smallest absolute Gasteiger partial charge is 0.323 e. The molecule has 0 spiro atoms. The van der Waals surface area contributed by atoms with Gasteiger partial charge in [0.15, 0.2) is 0 Å². The van der Waals surface area contributed by atoms with Gasteiger partial charge in [-0.3, -0.25) is 10.1 Å². The lowest BCUT2D eigenvalue weighted by Gasteiger charge is -2.30. The second kappa shape index (κ2) is 5.69. The molecule has 4 rings (SSSR count). The van der Waals surface area contributed by atoms with E-state index in [9.17, 15) is 9.90 Å². The normalized spacial score (nSPS) is 19.9. The number of aromatic amines is 1. The Bertz CT molecular complexity index is 916. The van der Waals surface area contributed by atoms with E-state index in [2.05, 4.69) is 10.3 Å². The monoisotopic (exact) mass is 322 g/mol. The number of benzene rings is 2. The predicted molar refractivity (Wildman–Crippen MR) is 90.9 cm³/mol. The molecule has 0 fully saturated rings. The van der Waals surface area contributed by atoms with Gasteiger partial charge in [0.25, 0.3) is 0 Å². The average molecular weight is 322 g/mol. The van der Waals surface area contributed by atoms with Crippen LogP contribution in [0.2, 0.25) is 0 Å². The SMILES string of the molecule is COC(=O)[C@H]1Cc2c([nH]c3ccccc23)[C@H](c2ccccc2O)N1. The van der Waals surface area contributed by atoms with E-state index in [0.29, 0.717) is 6.42 Å². The summed E-state index contributed by atoms with van der Waals surface area (Å²) < 4.78 is 4.93. The molecule has 1 aliphatic heterocycles. The summed E-state index contributed by atoms with van der Waals surface area (Å²) in [6, 6.07) is 14.5. The molecule has 0 unspecified atom stereocenters. The van der Waals surface area contributed by atoms with Crippen LogP contribution in [0.5, 0.6) is 5.75 Å². The number of aromatic nitrogens is 1. The van der Waals surface area contributed by atoms with Crippen molar-refractivity contribution in [3.05, 3.63) is 65.4 Å². The third kappa shape index (κ3) is 2.25. The van der Waals surface area contributed by atoms with Gasteiger partial charge in [-0.2, -0.15) is 0 Å². The van der Waals surface area contributed by atoms with Crippen LogP contribution >= 0.6 is 0 Å². The second-order valence-corrected chi connectivity index (χ2v) is 6.00. The Morgan fingerprint density at radius 1 is 1.17 bits per heavy atom. The molecular weight excluding hydrogens is 304 g/mol. The van der Waals surface area contributed by atoms with Gasteiger partial charge in [0.1, 0.15) is 11.8 Å². The van der Waals surface area contributed by atoms with Gasteiger partial charge in [-0.15, -0.1) is 0 Å². The number of fused-ring (bicyclic) bond motifs is 3. The Morgan fingerprint density at radius 2 is 1.92 bits per heavy atom. The first-order valence-corrected chi connectivity index (χ1v) is 7.90. The highest BCUT2D eigenvalue weighted by atomic mass is 16.5. The van der Waals surface area contributed by atoms with E-state index < -0.39 is 6.04 Å². The summed E-state index contributed by atoms with van der Waals surface area (Å²) in [7, 11) is 1.39. The standard InChI is InChI=1S/C19H18N2O3/c1-24-19(23)15-10-13-11-6-2-4-8-14(11)20-18(13)17(21-15)12-7-3-5-9-16(12)22/h2-9,15,17,20-22H,10H2,1H3/t15-,17+/m1/s1. The number of para-hydroxylation sites is 2. The molecule has 24 heavy (non-hydrogen) atoms. The van der Waals surface area contributed by atoms with E-state index in [1.54, 1.807) is 12.1 Å². The van der Waals surface area contributed by atoms with Gasteiger partial charge in [0, 0.05) is 28.6 Å². The third-order valence-corrected chi connectivity index (χ3v) is 4.64. The molecule has 1 aliphatic rings. The van der Waals surface area contributed by atoms with Gasteiger partial charge in [-0.1, -0.05) is 36.4 Å². The fraction of sp³-hybridized carbons (Fsp3) is 0.211. The molecule has 3 N–H and O–H groups in total. The van der Waals surface area contributed by atoms with Crippen molar-refractivity contribution in [3.8, 4) is 5.75 Å². The summed E-state index contributed by atoms with van der Waals surface area (Å²) in [5.74, 6) is -0.100. The van der Waals surface area contributed by atoms with Crippen LogP contribution in [0.3, 0.4) is 0 Å². The maximum Gasteiger partial charge on any atom is 0.323 e. The minimum Gasteiger partial charge on any atom is -0.508 e. The van der Waals surface area contributed by atoms with Crippen LogP contribution in [0.25, 0.3) is 10.9 Å². The van der Waals surface area contributed by atoms with Crippen LogP contribution in [0.4, 0.5) is 0 Å².